The van der Waals surface area contributed by atoms with Gasteiger partial charge in [0.05, 0.1) is 16.5 Å². The highest BCUT2D eigenvalue weighted by Crippen LogP contribution is 2.16. The molecule has 0 fully saturated rings. The van der Waals surface area contributed by atoms with Crippen molar-refractivity contribution in [3.8, 4) is 6.07 Å². The molecule has 6 nitrogen and oxygen atoms in total. The Balaban J connectivity index is 2.83. The summed E-state index contributed by atoms with van der Waals surface area (Å²) in [6.45, 7) is 3.32. The minimum absolute atomic E-state index is 0.0781. The van der Waals surface area contributed by atoms with Crippen molar-refractivity contribution in [2.24, 2.45) is 0 Å². The molecule has 1 aromatic rings. The highest BCUT2D eigenvalue weighted by Gasteiger charge is 2.16. The molecule has 0 aliphatic rings. The number of nitrogens with zero attached hydrogens (tertiary/aromatic N) is 1. The standard InChI is InChI=1S/C12H15N3O3S/c1-9-3-4-11(8-13)7-12(9)19(17,18)15-6-5-14-10(2)16/h3-4,7,15H,5-6H2,1-2H3,(H,14,16). The first-order valence-corrected chi connectivity index (χ1v) is 7.10. The van der Waals surface area contributed by atoms with E-state index in [1.54, 1.807) is 19.1 Å². The highest BCUT2D eigenvalue weighted by molar-refractivity contribution is 7.89. The van der Waals surface area contributed by atoms with Crippen LogP contribution in [0, 0.1) is 18.3 Å². The van der Waals surface area contributed by atoms with Gasteiger partial charge in [0.2, 0.25) is 15.9 Å². The fourth-order valence-electron chi connectivity index (χ4n) is 1.46. The van der Waals surface area contributed by atoms with Crippen LogP contribution in [0.25, 0.3) is 0 Å². The largest absolute Gasteiger partial charge is 0.355 e. The molecule has 0 saturated carbocycles. The molecule has 19 heavy (non-hydrogen) atoms. The first-order chi connectivity index (χ1) is 8.86. The number of nitrogens with one attached hydrogen (secondary N) is 2. The van der Waals surface area contributed by atoms with E-state index in [2.05, 4.69) is 10.0 Å². The summed E-state index contributed by atoms with van der Waals surface area (Å²) >= 11 is 0. The number of nitriles is 1. The molecule has 0 aliphatic heterocycles. The summed E-state index contributed by atoms with van der Waals surface area (Å²) < 4.78 is 26.4. The van der Waals surface area contributed by atoms with E-state index in [1.807, 2.05) is 6.07 Å². The van der Waals surface area contributed by atoms with Crippen molar-refractivity contribution in [3.63, 3.8) is 0 Å². The van der Waals surface area contributed by atoms with Crippen LogP contribution >= 0.6 is 0 Å². The summed E-state index contributed by atoms with van der Waals surface area (Å²) in [6, 6.07) is 6.37. The lowest BCUT2D eigenvalue weighted by molar-refractivity contribution is -0.118. The molecule has 7 heteroatoms. The van der Waals surface area contributed by atoms with Crippen LogP contribution in [0.2, 0.25) is 0 Å². The van der Waals surface area contributed by atoms with Gasteiger partial charge >= 0.3 is 0 Å². The zero-order chi connectivity index (χ0) is 14.5. The van der Waals surface area contributed by atoms with E-state index in [4.69, 9.17) is 5.26 Å². The van der Waals surface area contributed by atoms with Crippen molar-refractivity contribution < 1.29 is 13.2 Å². The second kappa shape index (κ2) is 6.31. The average Bonchev–Trinajstić information content (AvgIpc) is 2.35. The Morgan fingerprint density at radius 2 is 2.05 bits per heavy atom. The smallest absolute Gasteiger partial charge is 0.240 e. The number of benzene rings is 1. The topological polar surface area (TPSA) is 99.1 Å². The van der Waals surface area contributed by atoms with Crippen LogP contribution in [-0.2, 0) is 14.8 Å². The van der Waals surface area contributed by atoms with Gasteiger partial charge in [0, 0.05) is 20.0 Å². The van der Waals surface area contributed by atoms with Crippen LogP contribution in [0.15, 0.2) is 23.1 Å². The van der Waals surface area contributed by atoms with Crippen LogP contribution in [-0.4, -0.2) is 27.4 Å². The Kier molecular flexibility index (Phi) is 5.03. The number of hydrogen-bond acceptors (Lipinski definition) is 4. The van der Waals surface area contributed by atoms with Gasteiger partial charge in [0.15, 0.2) is 0 Å². The molecule has 1 aromatic carbocycles. The molecule has 2 N–H and O–H groups in total. The quantitative estimate of drug-likeness (QED) is 0.757. The van der Waals surface area contributed by atoms with Gasteiger partial charge in [-0.15, -0.1) is 0 Å². The van der Waals surface area contributed by atoms with E-state index >= 15 is 0 Å². The van der Waals surface area contributed by atoms with Gasteiger partial charge in [-0.05, 0) is 24.6 Å². The molecule has 0 aromatic heterocycles. The van der Waals surface area contributed by atoms with Crippen molar-refractivity contribution >= 4 is 15.9 Å². The lowest BCUT2D eigenvalue weighted by Gasteiger charge is -2.09. The number of carbonyl (C=O) groups is 1. The van der Waals surface area contributed by atoms with E-state index in [-0.39, 0.29) is 29.5 Å². The number of sulfonamides is 1. The summed E-state index contributed by atoms with van der Waals surface area (Å²) in [4.78, 5) is 10.7. The van der Waals surface area contributed by atoms with E-state index in [0.29, 0.717) is 5.56 Å². The average molecular weight is 281 g/mol. The van der Waals surface area contributed by atoms with Gasteiger partial charge in [0.1, 0.15) is 0 Å². The summed E-state index contributed by atoms with van der Waals surface area (Å²) in [7, 11) is -3.67. The van der Waals surface area contributed by atoms with Crippen LogP contribution < -0.4 is 10.0 Å². The minimum Gasteiger partial charge on any atom is -0.355 e. The lowest BCUT2D eigenvalue weighted by atomic mass is 10.2. The second-order valence-electron chi connectivity index (χ2n) is 3.97. The van der Waals surface area contributed by atoms with E-state index in [0.717, 1.165) is 0 Å². The maximum Gasteiger partial charge on any atom is 0.240 e. The third-order valence-electron chi connectivity index (χ3n) is 2.40. The summed E-state index contributed by atoms with van der Waals surface area (Å²) in [5, 5.41) is 11.3. The first-order valence-electron chi connectivity index (χ1n) is 5.61. The molecule has 0 saturated heterocycles. The van der Waals surface area contributed by atoms with Crippen molar-refractivity contribution in [1.82, 2.24) is 10.0 Å². The van der Waals surface area contributed by atoms with Gasteiger partial charge in [-0.25, -0.2) is 13.1 Å². The normalized spacial score (nSPS) is 10.8. The molecular weight excluding hydrogens is 266 g/mol. The molecule has 1 amide bonds. The highest BCUT2D eigenvalue weighted by atomic mass is 32.2. The van der Waals surface area contributed by atoms with Gasteiger partial charge in [-0.1, -0.05) is 6.07 Å². The Morgan fingerprint density at radius 1 is 1.37 bits per heavy atom. The van der Waals surface area contributed by atoms with Crippen molar-refractivity contribution in [2.75, 3.05) is 13.1 Å². The number of rotatable bonds is 5. The molecule has 0 heterocycles. The number of aryl methyl sites for hydroxylation is 1. The minimum atomic E-state index is -3.67. The molecule has 1 rings (SSSR count). The molecule has 0 radical (unpaired) electrons. The Bertz CT molecular complexity index is 618. The van der Waals surface area contributed by atoms with Crippen molar-refractivity contribution in [3.05, 3.63) is 29.3 Å². The molecule has 0 spiro atoms. The molecule has 0 unspecified atom stereocenters. The van der Waals surface area contributed by atoms with Gasteiger partial charge < -0.3 is 5.32 Å². The summed E-state index contributed by atoms with van der Waals surface area (Å²) in [6.07, 6.45) is 0. The maximum absolute atomic E-state index is 12.0. The fraction of sp³-hybridized carbons (Fsp3) is 0.333. The Labute approximate surface area is 112 Å². The second-order valence-corrected chi connectivity index (χ2v) is 5.71. The fourth-order valence-corrected chi connectivity index (χ4v) is 2.76. The van der Waals surface area contributed by atoms with E-state index < -0.39 is 10.0 Å². The first kappa shape index (κ1) is 15.1. The van der Waals surface area contributed by atoms with Crippen molar-refractivity contribution in [2.45, 2.75) is 18.7 Å². The zero-order valence-corrected chi connectivity index (χ0v) is 11.5. The molecular formula is C12H15N3O3S. The molecule has 0 bridgehead atoms. The van der Waals surface area contributed by atoms with Gasteiger partial charge in [0.25, 0.3) is 0 Å². The van der Waals surface area contributed by atoms with Gasteiger partial charge in [-0.2, -0.15) is 5.26 Å². The number of amides is 1. The molecule has 102 valence electrons. The number of carbonyl (C=O) groups excluding carboxylic acids is 1. The van der Waals surface area contributed by atoms with Crippen LogP contribution in [0.1, 0.15) is 18.1 Å². The van der Waals surface area contributed by atoms with Crippen molar-refractivity contribution in [1.29, 1.82) is 5.26 Å². The predicted molar refractivity (Wildman–Crippen MR) is 69.8 cm³/mol. The van der Waals surface area contributed by atoms with E-state index in [1.165, 1.54) is 13.0 Å². The van der Waals surface area contributed by atoms with Crippen LogP contribution in [0.4, 0.5) is 0 Å². The monoisotopic (exact) mass is 281 g/mol. The SMILES string of the molecule is CC(=O)NCCNS(=O)(=O)c1cc(C#N)ccc1C. The van der Waals surface area contributed by atoms with Gasteiger partial charge in [-0.3, -0.25) is 4.79 Å². The molecule has 0 aliphatic carbocycles. The predicted octanol–water partition coefficient (Wildman–Crippen LogP) is 0.281. The Morgan fingerprint density at radius 3 is 2.63 bits per heavy atom. The lowest BCUT2D eigenvalue weighted by Crippen LogP contribution is -2.33. The maximum atomic E-state index is 12.0. The van der Waals surface area contributed by atoms with Crippen LogP contribution in [0.3, 0.4) is 0 Å². The Hall–Kier alpha value is -1.91. The van der Waals surface area contributed by atoms with E-state index in [9.17, 15) is 13.2 Å². The van der Waals surface area contributed by atoms with Crippen LogP contribution in [0.5, 0.6) is 0 Å². The third kappa shape index (κ3) is 4.35. The number of hydrogen-bond donors (Lipinski definition) is 2. The summed E-state index contributed by atoms with van der Waals surface area (Å²) in [5.74, 6) is -0.221. The zero-order valence-electron chi connectivity index (χ0n) is 10.7. The third-order valence-corrected chi connectivity index (χ3v) is 4.00. The summed E-state index contributed by atoms with van der Waals surface area (Å²) in [5.41, 5.74) is 0.846. The molecule has 0 atom stereocenters.